The lowest BCUT2D eigenvalue weighted by Crippen LogP contribution is -2.41. The molecule has 0 aliphatic heterocycles. The fourth-order valence-electron chi connectivity index (χ4n) is 3.27. The number of aromatic nitrogens is 2. The number of benzene rings is 2. The van der Waals surface area contributed by atoms with Crippen molar-refractivity contribution in [1.82, 2.24) is 14.5 Å². The van der Waals surface area contributed by atoms with E-state index in [0.717, 1.165) is 21.3 Å². The van der Waals surface area contributed by atoms with E-state index >= 15 is 0 Å². The molecule has 4 aromatic rings. The second kappa shape index (κ2) is 8.12. The molecule has 0 radical (unpaired) electrons. The standard InChI is InChI=1S/C23H21N3O3S/c1-15-3-7-17(8-4-15)13-24-20(27)14-25-19-11-12-30-21(19)22(28)26(23(25)29)18-9-5-16(2)6-10-18/h3-12H,13-14H2,1-2H3,(H,24,27). The molecular formula is C23H21N3O3S. The van der Waals surface area contributed by atoms with E-state index in [2.05, 4.69) is 5.32 Å². The zero-order chi connectivity index (χ0) is 21.3. The first-order valence-corrected chi connectivity index (χ1v) is 10.4. The van der Waals surface area contributed by atoms with E-state index in [0.29, 0.717) is 22.4 Å². The van der Waals surface area contributed by atoms with Gasteiger partial charge in [0.2, 0.25) is 5.91 Å². The summed E-state index contributed by atoms with van der Waals surface area (Å²) in [7, 11) is 0. The van der Waals surface area contributed by atoms with Gasteiger partial charge in [0.1, 0.15) is 11.2 Å². The second-order valence-electron chi connectivity index (χ2n) is 7.24. The summed E-state index contributed by atoms with van der Waals surface area (Å²) in [4.78, 5) is 38.7. The molecule has 0 saturated carbocycles. The highest BCUT2D eigenvalue weighted by Crippen LogP contribution is 2.16. The number of nitrogens with zero attached hydrogens (tertiary/aromatic N) is 2. The van der Waals surface area contributed by atoms with Crippen molar-refractivity contribution in [2.75, 3.05) is 0 Å². The molecule has 0 aliphatic carbocycles. The zero-order valence-corrected chi connectivity index (χ0v) is 17.5. The van der Waals surface area contributed by atoms with Crippen molar-refractivity contribution in [3.8, 4) is 5.69 Å². The quantitative estimate of drug-likeness (QED) is 0.540. The van der Waals surface area contributed by atoms with E-state index < -0.39 is 5.69 Å². The minimum atomic E-state index is -0.528. The molecule has 152 valence electrons. The molecular weight excluding hydrogens is 398 g/mol. The third kappa shape index (κ3) is 3.84. The number of rotatable bonds is 5. The van der Waals surface area contributed by atoms with Gasteiger partial charge in [-0.05, 0) is 43.0 Å². The molecule has 0 atom stereocenters. The van der Waals surface area contributed by atoms with Gasteiger partial charge in [0.15, 0.2) is 0 Å². The van der Waals surface area contributed by atoms with Crippen LogP contribution in [0.3, 0.4) is 0 Å². The van der Waals surface area contributed by atoms with Crippen molar-refractivity contribution in [2.24, 2.45) is 0 Å². The van der Waals surface area contributed by atoms with Crippen molar-refractivity contribution < 1.29 is 4.79 Å². The first kappa shape index (κ1) is 19.8. The van der Waals surface area contributed by atoms with E-state index in [1.165, 1.54) is 15.9 Å². The SMILES string of the molecule is Cc1ccc(CNC(=O)Cn2c(=O)n(-c3ccc(C)cc3)c(=O)c3sccc32)cc1. The number of hydrogen-bond acceptors (Lipinski definition) is 4. The molecule has 0 unspecified atom stereocenters. The molecule has 0 aliphatic rings. The molecule has 0 fully saturated rings. The number of hydrogen-bond donors (Lipinski definition) is 1. The van der Waals surface area contributed by atoms with Crippen LogP contribution in [-0.4, -0.2) is 15.0 Å². The van der Waals surface area contributed by atoms with Crippen LogP contribution in [0.1, 0.15) is 16.7 Å². The summed E-state index contributed by atoms with van der Waals surface area (Å²) in [6.45, 7) is 4.15. The summed E-state index contributed by atoms with van der Waals surface area (Å²) in [5.74, 6) is -0.292. The lowest BCUT2D eigenvalue weighted by atomic mass is 10.1. The lowest BCUT2D eigenvalue weighted by molar-refractivity contribution is -0.121. The van der Waals surface area contributed by atoms with Crippen molar-refractivity contribution in [2.45, 2.75) is 26.9 Å². The van der Waals surface area contributed by atoms with Crippen LogP contribution >= 0.6 is 11.3 Å². The molecule has 2 aromatic heterocycles. The van der Waals surface area contributed by atoms with Gasteiger partial charge in [0, 0.05) is 6.54 Å². The van der Waals surface area contributed by atoms with E-state index in [-0.39, 0.29) is 18.0 Å². The maximum atomic E-state index is 13.2. The van der Waals surface area contributed by atoms with E-state index in [1.807, 2.05) is 50.2 Å². The Hall–Kier alpha value is -3.45. The van der Waals surface area contributed by atoms with E-state index in [9.17, 15) is 14.4 Å². The Balaban J connectivity index is 1.68. The second-order valence-corrected chi connectivity index (χ2v) is 8.16. The topological polar surface area (TPSA) is 73.1 Å². The predicted molar refractivity (Wildman–Crippen MR) is 119 cm³/mol. The Bertz CT molecular complexity index is 1330. The Morgan fingerprint density at radius 3 is 2.23 bits per heavy atom. The highest BCUT2D eigenvalue weighted by Gasteiger charge is 2.17. The van der Waals surface area contributed by atoms with Gasteiger partial charge in [0.05, 0.1) is 11.2 Å². The zero-order valence-electron chi connectivity index (χ0n) is 16.7. The number of thiophene rings is 1. The van der Waals surface area contributed by atoms with Gasteiger partial charge in [-0.1, -0.05) is 47.5 Å². The number of carbonyl (C=O) groups excluding carboxylic acids is 1. The van der Waals surface area contributed by atoms with Gasteiger partial charge in [0.25, 0.3) is 5.56 Å². The predicted octanol–water partition coefficient (Wildman–Crippen LogP) is 3.15. The Labute approximate surface area is 177 Å². The molecule has 1 amide bonds. The average molecular weight is 420 g/mol. The van der Waals surface area contributed by atoms with Crippen molar-refractivity contribution in [3.63, 3.8) is 0 Å². The highest BCUT2D eigenvalue weighted by atomic mass is 32.1. The Morgan fingerprint density at radius 1 is 0.933 bits per heavy atom. The highest BCUT2D eigenvalue weighted by molar-refractivity contribution is 7.17. The summed E-state index contributed by atoms with van der Waals surface area (Å²) in [6, 6.07) is 16.7. The molecule has 2 heterocycles. The summed E-state index contributed by atoms with van der Waals surface area (Å²) in [6.07, 6.45) is 0. The van der Waals surface area contributed by atoms with E-state index in [4.69, 9.17) is 0 Å². The number of nitrogens with one attached hydrogen (secondary N) is 1. The minimum absolute atomic E-state index is 0.163. The molecule has 0 saturated heterocycles. The van der Waals surface area contributed by atoms with Crippen LogP contribution in [0.2, 0.25) is 0 Å². The molecule has 2 aromatic carbocycles. The fraction of sp³-hybridized carbons (Fsp3) is 0.174. The van der Waals surface area contributed by atoms with Gasteiger partial charge in [-0.2, -0.15) is 0 Å². The minimum Gasteiger partial charge on any atom is -0.350 e. The number of amides is 1. The number of carbonyl (C=O) groups is 1. The molecule has 30 heavy (non-hydrogen) atoms. The number of aryl methyl sites for hydroxylation is 2. The van der Waals surface area contributed by atoms with Gasteiger partial charge in [-0.25, -0.2) is 9.36 Å². The van der Waals surface area contributed by atoms with Crippen LogP contribution in [0.4, 0.5) is 0 Å². The van der Waals surface area contributed by atoms with Gasteiger partial charge >= 0.3 is 5.69 Å². The summed E-state index contributed by atoms with van der Waals surface area (Å²) < 4.78 is 2.94. The third-order valence-corrected chi connectivity index (χ3v) is 5.85. The summed E-state index contributed by atoms with van der Waals surface area (Å²) >= 11 is 1.26. The summed E-state index contributed by atoms with van der Waals surface area (Å²) in [5, 5.41) is 4.61. The molecule has 7 heteroatoms. The van der Waals surface area contributed by atoms with Crippen LogP contribution in [0, 0.1) is 13.8 Å². The maximum Gasteiger partial charge on any atom is 0.336 e. The van der Waals surface area contributed by atoms with Crippen LogP contribution < -0.4 is 16.6 Å². The largest absolute Gasteiger partial charge is 0.350 e. The van der Waals surface area contributed by atoms with Crippen LogP contribution in [0.15, 0.2) is 69.6 Å². The Kier molecular flexibility index (Phi) is 5.37. The molecule has 1 N–H and O–H groups in total. The lowest BCUT2D eigenvalue weighted by Gasteiger charge is -2.13. The first-order valence-electron chi connectivity index (χ1n) is 9.56. The van der Waals surface area contributed by atoms with Crippen molar-refractivity contribution >= 4 is 27.5 Å². The van der Waals surface area contributed by atoms with Gasteiger partial charge in [-0.3, -0.25) is 14.2 Å². The molecule has 0 spiro atoms. The molecule has 4 rings (SSSR count). The average Bonchev–Trinajstić information content (AvgIpc) is 3.22. The van der Waals surface area contributed by atoms with Crippen LogP contribution in [0.25, 0.3) is 15.9 Å². The van der Waals surface area contributed by atoms with Crippen LogP contribution in [-0.2, 0) is 17.9 Å². The van der Waals surface area contributed by atoms with Gasteiger partial charge in [-0.15, -0.1) is 11.3 Å². The monoisotopic (exact) mass is 419 g/mol. The van der Waals surface area contributed by atoms with Crippen molar-refractivity contribution in [1.29, 1.82) is 0 Å². The molecule has 6 nitrogen and oxygen atoms in total. The maximum absolute atomic E-state index is 13.2. The number of fused-ring (bicyclic) bond motifs is 1. The molecule has 0 bridgehead atoms. The van der Waals surface area contributed by atoms with Crippen molar-refractivity contribution in [3.05, 3.63) is 97.5 Å². The third-order valence-electron chi connectivity index (χ3n) is 4.96. The Morgan fingerprint density at radius 2 is 1.57 bits per heavy atom. The smallest absolute Gasteiger partial charge is 0.336 e. The van der Waals surface area contributed by atoms with E-state index in [1.54, 1.807) is 23.6 Å². The fourth-order valence-corrected chi connectivity index (χ4v) is 4.09. The van der Waals surface area contributed by atoms with Gasteiger partial charge < -0.3 is 5.32 Å². The van der Waals surface area contributed by atoms with Crippen LogP contribution in [0.5, 0.6) is 0 Å². The normalized spacial score (nSPS) is 11.0. The first-order chi connectivity index (χ1) is 14.4. The summed E-state index contributed by atoms with van der Waals surface area (Å²) in [5.41, 5.74) is 3.22.